The first kappa shape index (κ1) is 15.3. The Bertz CT molecular complexity index is 728. The zero-order valence-corrected chi connectivity index (χ0v) is 13.9. The van der Waals surface area contributed by atoms with Gasteiger partial charge in [-0.25, -0.2) is 0 Å². The van der Waals surface area contributed by atoms with E-state index < -0.39 is 0 Å². The smallest absolute Gasteiger partial charge is 0.115 e. The molecule has 0 amide bonds. The molecule has 1 fully saturated rings. The maximum atomic E-state index is 9.53. The van der Waals surface area contributed by atoms with Crippen LogP contribution < -0.4 is 0 Å². The van der Waals surface area contributed by atoms with Crippen LogP contribution in [0.2, 0.25) is 0 Å². The molecule has 2 nitrogen and oxygen atoms in total. The molecule has 0 spiro atoms. The van der Waals surface area contributed by atoms with Crippen LogP contribution in [0.3, 0.4) is 0 Å². The van der Waals surface area contributed by atoms with Crippen LogP contribution in [-0.2, 0) is 6.42 Å². The SMILES string of the molecule is Oc1ccc(CC2CCCC3C2=CCC3c2ccc(O)cc2)cc1. The lowest BCUT2D eigenvalue weighted by Gasteiger charge is -2.33. The van der Waals surface area contributed by atoms with Gasteiger partial charge >= 0.3 is 0 Å². The average molecular weight is 320 g/mol. The van der Waals surface area contributed by atoms with Gasteiger partial charge in [0, 0.05) is 0 Å². The number of fused-ring (bicyclic) bond motifs is 1. The minimum Gasteiger partial charge on any atom is -0.508 e. The summed E-state index contributed by atoms with van der Waals surface area (Å²) in [6, 6.07) is 15.5. The highest BCUT2D eigenvalue weighted by molar-refractivity contribution is 5.36. The van der Waals surface area contributed by atoms with Crippen LogP contribution >= 0.6 is 0 Å². The molecule has 0 bridgehead atoms. The zero-order valence-electron chi connectivity index (χ0n) is 13.9. The summed E-state index contributed by atoms with van der Waals surface area (Å²) < 4.78 is 0. The van der Waals surface area contributed by atoms with Gasteiger partial charge in [0.05, 0.1) is 0 Å². The Kier molecular flexibility index (Phi) is 4.05. The second-order valence-corrected chi connectivity index (χ2v) is 7.24. The molecule has 0 aliphatic heterocycles. The lowest BCUT2D eigenvalue weighted by molar-refractivity contribution is 0.345. The highest BCUT2D eigenvalue weighted by Gasteiger charge is 2.36. The van der Waals surface area contributed by atoms with Crippen molar-refractivity contribution < 1.29 is 10.2 Å². The van der Waals surface area contributed by atoms with Gasteiger partial charge in [-0.3, -0.25) is 0 Å². The summed E-state index contributed by atoms with van der Waals surface area (Å²) >= 11 is 0. The molecule has 124 valence electrons. The molecule has 2 aromatic carbocycles. The third-order valence-corrected chi connectivity index (χ3v) is 5.80. The summed E-state index contributed by atoms with van der Waals surface area (Å²) in [6.45, 7) is 0. The molecule has 24 heavy (non-hydrogen) atoms. The van der Waals surface area contributed by atoms with E-state index in [1.165, 1.54) is 30.4 Å². The molecule has 4 rings (SSSR count). The monoisotopic (exact) mass is 320 g/mol. The Morgan fingerprint density at radius 2 is 1.46 bits per heavy atom. The van der Waals surface area contributed by atoms with Gasteiger partial charge in [0.25, 0.3) is 0 Å². The first-order chi connectivity index (χ1) is 11.7. The molecule has 0 heterocycles. The Labute approximate surface area is 143 Å². The lowest BCUT2D eigenvalue weighted by Crippen LogP contribution is -2.22. The van der Waals surface area contributed by atoms with E-state index in [0.29, 0.717) is 29.3 Å². The maximum absolute atomic E-state index is 9.53. The van der Waals surface area contributed by atoms with E-state index in [2.05, 4.69) is 18.2 Å². The van der Waals surface area contributed by atoms with Gasteiger partial charge in [-0.2, -0.15) is 0 Å². The second kappa shape index (κ2) is 6.35. The summed E-state index contributed by atoms with van der Waals surface area (Å²) in [5.74, 6) is 2.55. The van der Waals surface area contributed by atoms with E-state index >= 15 is 0 Å². The van der Waals surface area contributed by atoms with Gasteiger partial charge < -0.3 is 10.2 Å². The molecule has 0 radical (unpaired) electrons. The topological polar surface area (TPSA) is 40.5 Å². The molecular weight excluding hydrogens is 296 g/mol. The third kappa shape index (κ3) is 2.93. The van der Waals surface area contributed by atoms with Gasteiger partial charge in [0.1, 0.15) is 11.5 Å². The van der Waals surface area contributed by atoms with Crippen molar-refractivity contribution in [1.82, 2.24) is 0 Å². The van der Waals surface area contributed by atoms with Crippen LogP contribution in [-0.4, -0.2) is 10.2 Å². The number of hydrogen-bond donors (Lipinski definition) is 2. The van der Waals surface area contributed by atoms with Crippen molar-refractivity contribution in [2.24, 2.45) is 11.8 Å². The van der Waals surface area contributed by atoms with Crippen molar-refractivity contribution in [3.63, 3.8) is 0 Å². The normalized spacial score (nSPS) is 26.0. The molecule has 1 saturated carbocycles. The van der Waals surface area contributed by atoms with Crippen LogP contribution in [0.5, 0.6) is 11.5 Å². The molecule has 2 heteroatoms. The van der Waals surface area contributed by atoms with E-state index in [1.807, 2.05) is 24.3 Å². The fourth-order valence-electron chi connectivity index (χ4n) is 4.63. The Morgan fingerprint density at radius 1 is 0.792 bits per heavy atom. The first-order valence-corrected chi connectivity index (χ1v) is 8.97. The van der Waals surface area contributed by atoms with Crippen molar-refractivity contribution in [3.05, 3.63) is 71.3 Å². The summed E-state index contributed by atoms with van der Waals surface area (Å²) in [4.78, 5) is 0. The number of phenols is 2. The lowest BCUT2D eigenvalue weighted by atomic mass is 9.71. The van der Waals surface area contributed by atoms with E-state index in [1.54, 1.807) is 17.7 Å². The second-order valence-electron chi connectivity index (χ2n) is 7.24. The van der Waals surface area contributed by atoms with Crippen molar-refractivity contribution in [3.8, 4) is 11.5 Å². The van der Waals surface area contributed by atoms with E-state index in [9.17, 15) is 10.2 Å². The van der Waals surface area contributed by atoms with Crippen molar-refractivity contribution >= 4 is 0 Å². The maximum Gasteiger partial charge on any atom is 0.115 e. The zero-order chi connectivity index (χ0) is 16.5. The molecule has 3 unspecified atom stereocenters. The highest BCUT2D eigenvalue weighted by atomic mass is 16.3. The molecule has 3 atom stereocenters. The molecule has 0 saturated heterocycles. The van der Waals surface area contributed by atoms with E-state index in [-0.39, 0.29) is 0 Å². The summed E-state index contributed by atoms with van der Waals surface area (Å²) in [5, 5.41) is 19.0. The van der Waals surface area contributed by atoms with Gasteiger partial charge in [0.15, 0.2) is 0 Å². The van der Waals surface area contributed by atoms with Crippen LogP contribution in [0, 0.1) is 11.8 Å². The van der Waals surface area contributed by atoms with Crippen LogP contribution in [0.1, 0.15) is 42.7 Å². The molecule has 2 aliphatic carbocycles. The number of hydrogen-bond acceptors (Lipinski definition) is 2. The van der Waals surface area contributed by atoms with E-state index in [4.69, 9.17) is 0 Å². The van der Waals surface area contributed by atoms with Gasteiger partial charge in [-0.15, -0.1) is 0 Å². The molecule has 2 aliphatic rings. The fourth-order valence-corrected chi connectivity index (χ4v) is 4.63. The predicted molar refractivity (Wildman–Crippen MR) is 96.2 cm³/mol. The minimum atomic E-state index is 0.341. The molecular formula is C22H24O2. The highest BCUT2D eigenvalue weighted by Crippen LogP contribution is 2.49. The summed E-state index contributed by atoms with van der Waals surface area (Å²) in [7, 11) is 0. The quantitative estimate of drug-likeness (QED) is 0.766. The summed E-state index contributed by atoms with van der Waals surface area (Å²) in [6.07, 6.45) is 8.52. The van der Waals surface area contributed by atoms with Crippen LogP contribution in [0.25, 0.3) is 0 Å². The number of allylic oxidation sites excluding steroid dienone is 2. The standard InChI is InChI=1S/C22H24O2/c23-18-8-4-15(5-9-18)14-17-2-1-3-22-20(12-13-21(17)22)16-6-10-19(24)11-7-16/h4-11,13,17,20,22-24H,1-3,12,14H2. The van der Waals surface area contributed by atoms with Crippen LogP contribution in [0.4, 0.5) is 0 Å². The van der Waals surface area contributed by atoms with Crippen molar-refractivity contribution in [1.29, 1.82) is 0 Å². The van der Waals surface area contributed by atoms with Gasteiger partial charge in [-0.1, -0.05) is 42.3 Å². The fraction of sp³-hybridized carbons (Fsp3) is 0.364. The third-order valence-electron chi connectivity index (χ3n) is 5.80. The Morgan fingerprint density at radius 3 is 2.17 bits per heavy atom. The van der Waals surface area contributed by atoms with Crippen molar-refractivity contribution in [2.75, 3.05) is 0 Å². The average Bonchev–Trinajstić information content (AvgIpc) is 3.03. The van der Waals surface area contributed by atoms with E-state index in [0.717, 1.165) is 12.8 Å². The summed E-state index contributed by atoms with van der Waals surface area (Å²) in [5.41, 5.74) is 4.31. The Hall–Kier alpha value is -2.22. The number of benzene rings is 2. The van der Waals surface area contributed by atoms with Crippen molar-refractivity contribution in [2.45, 2.75) is 38.0 Å². The molecule has 0 aromatic heterocycles. The first-order valence-electron chi connectivity index (χ1n) is 8.97. The predicted octanol–water partition coefficient (Wildman–Crippen LogP) is 5.17. The molecule has 2 N–H and O–H groups in total. The Balaban J connectivity index is 1.51. The largest absolute Gasteiger partial charge is 0.508 e. The van der Waals surface area contributed by atoms with Gasteiger partial charge in [-0.05, 0) is 78.8 Å². The number of phenolic OH excluding ortho intramolecular Hbond substituents is 2. The minimum absolute atomic E-state index is 0.341. The van der Waals surface area contributed by atoms with Crippen LogP contribution in [0.15, 0.2) is 60.2 Å². The number of aromatic hydroxyl groups is 2. The molecule has 2 aromatic rings. The number of rotatable bonds is 3. The van der Waals surface area contributed by atoms with Gasteiger partial charge in [0.2, 0.25) is 0 Å².